The summed E-state index contributed by atoms with van der Waals surface area (Å²) >= 11 is 0. The van der Waals surface area contributed by atoms with E-state index in [1.54, 1.807) is 12.1 Å². The largest absolute Gasteiger partial charge is 0.461 e. The number of hydrogen-bond donors (Lipinski definition) is 8. The van der Waals surface area contributed by atoms with Gasteiger partial charge < -0.3 is 59.8 Å². The summed E-state index contributed by atoms with van der Waals surface area (Å²) in [7, 11) is 0. The van der Waals surface area contributed by atoms with Crippen molar-refractivity contribution in [3.8, 4) is 22.6 Å². The van der Waals surface area contributed by atoms with Crippen molar-refractivity contribution >= 4 is 0 Å². The molecule has 44 heavy (non-hydrogen) atoms. The van der Waals surface area contributed by atoms with Crippen LogP contribution in [-0.4, -0.2) is 114 Å². The molecule has 0 bridgehead atoms. The van der Waals surface area contributed by atoms with E-state index in [4.69, 9.17) is 18.9 Å². The zero-order valence-electron chi connectivity index (χ0n) is 25.9. The first-order valence-electron chi connectivity index (χ1n) is 14.9. The van der Waals surface area contributed by atoms with E-state index < -0.39 is 73.6 Å². The summed E-state index contributed by atoms with van der Waals surface area (Å²) in [6, 6.07) is 11.0. The van der Waals surface area contributed by atoms with Crippen LogP contribution in [0.2, 0.25) is 0 Å². The number of hydrogen-bond acceptors (Lipinski definition) is 12. The Morgan fingerprint density at radius 2 is 1.00 bits per heavy atom. The normalized spacial score (nSPS) is 36.1. The SMILES string of the molecule is CC(C)c1cc(-c2ccc(O[C@H]3O[C@H](CO)[C@@H](O)[C@H](O)[C@]3(C)O)c(C(C)C)c2)ccc1OC1O[C@H](CO)[C@@H](O)[C@H](O)[C@]1(C)O. The molecule has 0 amide bonds. The van der Waals surface area contributed by atoms with Crippen LogP contribution in [0.3, 0.4) is 0 Å². The van der Waals surface area contributed by atoms with Crippen molar-refractivity contribution in [3.63, 3.8) is 0 Å². The Labute approximate surface area is 257 Å². The van der Waals surface area contributed by atoms with Crippen LogP contribution in [-0.2, 0) is 9.47 Å². The van der Waals surface area contributed by atoms with E-state index in [-0.39, 0.29) is 11.8 Å². The van der Waals surface area contributed by atoms with Gasteiger partial charge in [-0.05, 0) is 72.2 Å². The van der Waals surface area contributed by atoms with Gasteiger partial charge in [0.25, 0.3) is 0 Å². The third-order valence-electron chi connectivity index (χ3n) is 8.58. The lowest BCUT2D eigenvalue weighted by Gasteiger charge is -2.46. The maximum absolute atomic E-state index is 10.9. The van der Waals surface area contributed by atoms with Crippen LogP contribution in [0, 0.1) is 0 Å². The van der Waals surface area contributed by atoms with E-state index in [1.807, 2.05) is 52.0 Å². The molecule has 0 saturated carbocycles. The van der Waals surface area contributed by atoms with E-state index in [0.29, 0.717) is 11.5 Å². The molecule has 12 heteroatoms. The average molecular weight is 623 g/mol. The maximum Gasteiger partial charge on any atom is 0.231 e. The van der Waals surface area contributed by atoms with Crippen molar-refractivity contribution < 1.29 is 59.8 Å². The van der Waals surface area contributed by atoms with E-state index in [0.717, 1.165) is 22.3 Å². The second-order valence-corrected chi connectivity index (χ2v) is 12.8. The monoisotopic (exact) mass is 622 g/mol. The summed E-state index contributed by atoms with van der Waals surface area (Å²) in [5.41, 5.74) is -0.674. The van der Waals surface area contributed by atoms with Crippen LogP contribution in [0.4, 0.5) is 0 Å². The van der Waals surface area contributed by atoms with Crippen LogP contribution >= 0.6 is 0 Å². The predicted molar refractivity (Wildman–Crippen MR) is 158 cm³/mol. The molecule has 12 nitrogen and oxygen atoms in total. The highest BCUT2D eigenvalue weighted by Gasteiger charge is 2.54. The summed E-state index contributed by atoms with van der Waals surface area (Å²) < 4.78 is 23.4. The van der Waals surface area contributed by atoms with Crippen molar-refractivity contribution in [3.05, 3.63) is 47.5 Å². The van der Waals surface area contributed by atoms with E-state index in [2.05, 4.69) is 0 Å². The van der Waals surface area contributed by atoms with Gasteiger partial charge in [0.2, 0.25) is 12.6 Å². The van der Waals surface area contributed by atoms with Crippen LogP contribution in [0.25, 0.3) is 11.1 Å². The second-order valence-electron chi connectivity index (χ2n) is 12.8. The summed E-state index contributed by atoms with van der Waals surface area (Å²) in [5.74, 6) is 0.743. The average Bonchev–Trinajstić information content (AvgIpc) is 2.98. The molecule has 2 heterocycles. The minimum absolute atomic E-state index is 0.0262. The maximum atomic E-state index is 10.9. The summed E-state index contributed by atoms with van der Waals surface area (Å²) in [4.78, 5) is 0. The third-order valence-corrected chi connectivity index (χ3v) is 8.58. The van der Waals surface area contributed by atoms with Crippen LogP contribution in [0.1, 0.15) is 64.5 Å². The number of ether oxygens (including phenoxy) is 4. The Morgan fingerprint density at radius 3 is 1.30 bits per heavy atom. The van der Waals surface area contributed by atoms with Crippen LogP contribution in [0.15, 0.2) is 36.4 Å². The smallest absolute Gasteiger partial charge is 0.231 e. The lowest BCUT2D eigenvalue weighted by atomic mass is 9.88. The lowest BCUT2D eigenvalue weighted by molar-refractivity contribution is -0.315. The van der Waals surface area contributed by atoms with Crippen molar-refractivity contribution in [2.45, 2.75) is 114 Å². The number of benzene rings is 2. The molecule has 246 valence electrons. The van der Waals surface area contributed by atoms with Crippen molar-refractivity contribution in [1.82, 2.24) is 0 Å². The lowest BCUT2D eigenvalue weighted by Crippen LogP contribution is -2.66. The van der Waals surface area contributed by atoms with Crippen molar-refractivity contribution in [2.75, 3.05) is 13.2 Å². The van der Waals surface area contributed by atoms with Gasteiger partial charge in [-0.2, -0.15) is 0 Å². The van der Waals surface area contributed by atoms with Gasteiger partial charge >= 0.3 is 0 Å². The molecule has 0 spiro atoms. The Hall–Kier alpha value is -2.36. The molecular formula is C32H46O12. The molecular weight excluding hydrogens is 576 g/mol. The van der Waals surface area contributed by atoms with Gasteiger partial charge in [-0.3, -0.25) is 0 Å². The zero-order valence-corrected chi connectivity index (χ0v) is 25.9. The summed E-state index contributed by atoms with van der Waals surface area (Å²) in [6.45, 7) is 9.33. The first-order chi connectivity index (χ1) is 20.5. The highest BCUT2D eigenvalue weighted by atomic mass is 16.7. The number of aliphatic hydroxyl groups is 8. The fourth-order valence-electron chi connectivity index (χ4n) is 5.53. The van der Waals surface area contributed by atoms with Gasteiger partial charge in [0.1, 0.15) is 48.1 Å². The van der Waals surface area contributed by atoms with Gasteiger partial charge in [0.05, 0.1) is 13.2 Å². The van der Waals surface area contributed by atoms with Crippen LogP contribution in [0.5, 0.6) is 11.5 Å². The molecule has 8 N–H and O–H groups in total. The standard InChI is InChI=1S/C32H46O12/c1-15(2)19-11-17(7-9-21(19)41-29-31(5,39)27(37)25(35)23(13-33)43-29)18-8-10-22(20(12-18)16(3)4)42-30-32(6,40)28(38)26(36)24(14-34)44-30/h7-12,15-16,23-30,33-40H,13-14H2,1-6H3/t23-,24-,25-,26-,27+,28+,29+,30?,31+,32+/m1/s1. The molecule has 2 aliphatic heterocycles. The van der Waals surface area contributed by atoms with E-state index in [9.17, 15) is 40.9 Å². The van der Waals surface area contributed by atoms with E-state index >= 15 is 0 Å². The van der Waals surface area contributed by atoms with Crippen LogP contribution < -0.4 is 9.47 Å². The Balaban J connectivity index is 1.64. The number of rotatable bonds is 9. The molecule has 0 aliphatic carbocycles. The topological polar surface area (TPSA) is 199 Å². The molecule has 2 aromatic carbocycles. The third kappa shape index (κ3) is 6.47. The number of aliphatic hydroxyl groups excluding tert-OH is 6. The molecule has 2 fully saturated rings. The second kappa shape index (κ2) is 13.2. The summed E-state index contributed by atoms with van der Waals surface area (Å²) in [6.07, 6.45) is -11.2. The van der Waals surface area contributed by atoms with Gasteiger partial charge in [0, 0.05) is 0 Å². The summed E-state index contributed by atoms with van der Waals surface area (Å²) in [5, 5.41) is 82.3. The molecule has 2 aromatic rings. The first kappa shape index (κ1) is 34.5. The molecule has 10 atom stereocenters. The highest BCUT2D eigenvalue weighted by molar-refractivity contribution is 5.68. The quantitative estimate of drug-likeness (QED) is 0.195. The van der Waals surface area contributed by atoms with Crippen molar-refractivity contribution in [2.24, 2.45) is 0 Å². The molecule has 2 aliphatic rings. The van der Waals surface area contributed by atoms with Crippen molar-refractivity contribution in [1.29, 1.82) is 0 Å². The molecule has 1 unspecified atom stereocenters. The fourth-order valence-corrected chi connectivity index (χ4v) is 5.53. The first-order valence-corrected chi connectivity index (χ1v) is 14.9. The Kier molecular flexibility index (Phi) is 10.3. The Bertz CT molecular complexity index is 1180. The van der Waals surface area contributed by atoms with Gasteiger partial charge in [0.15, 0.2) is 11.2 Å². The van der Waals surface area contributed by atoms with E-state index in [1.165, 1.54) is 13.8 Å². The predicted octanol–water partition coefficient (Wildman–Crippen LogP) is 0.738. The minimum atomic E-state index is -1.96. The molecule has 0 aromatic heterocycles. The highest BCUT2D eigenvalue weighted by Crippen LogP contribution is 2.40. The molecule has 2 saturated heterocycles. The Morgan fingerprint density at radius 1 is 0.659 bits per heavy atom. The van der Waals surface area contributed by atoms with Gasteiger partial charge in [-0.25, -0.2) is 0 Å². The van der Waals surface area contributed by atoms with Gasteiger partial charge in [-0.1, -0.05) is 39.8 Å². The fraction of sp³-hybridized carbons (Fsp3) is 0.625. The zero-order chi connectivity index (χ0) is 32.7. The van der Waals surface area contributed by atoms with Gasteiger partial charge in [-0.15, -0.1) is 0 Å². The minimum Gasteiger partial charge on any atom is -0.461 e. The molecule has 4 rings (SSSR count). The molecule has 0 radical (unpaired) electrons.